The van der Waals surface area contributed by atoms with E-state index in [1.54, 1.807) is 6.07 Å². The van der Waals surface area contributed by atoms with Crippen molar-refractivity contribution in [2.75, 3.05) is 10.2 Å². The first-order valence-corrected chi connectivity index (χ1v) is 11.4. The summed E-state index contributed by atoms with van der Waals surface area (Å²) in [6.45, 7) is 0. The van der Waals surface area contributed by atoms with Crippen molar-refractivity contribution in [3.63, 3.8) is 0 Å². The van der Waals surface area contributed by atoms with Crippen LogP contribution in [0.5, 0.6) is 0 Å². The molecule has 4 rings (SSSR count). The molecular formula is C25H16F2N4O4S. The summed E-state index contributed by atoms with van der Waals surface area (Å²) >= 11 is 0.958. The first kappa shape index (κ1) is 24.6. The summed E-state index contributed by atoms with van der Waals surface area (Å²) in [5.41, 5.74) is 0.497. The van der Waals surface area contributed by atoms with Crippen molar-refractivity contribution >= 4 is 40.6 Å². The standard InChI is InChI=1S/C25H16F2N4O4S/c26-16-4-8-18(9-5-16)29-23(32)21(14-28)25-30(19-10-6-17(27)7-11-19)24(33)22(36-25)13-15-2-1-3-20(12-15)31(34)35/h1-12,22H,13H2,(H,29,32)/b25-21+. The molecule has 1 heterocycles. The van der Waals surface area contributed by atoms with E-state index in [0.29, 0.717) is 5.56 Å². The predicted molar refractivity (Wildman–Crippen MR) is 130 cm³/mol. The van der Waals surface area contributed by atoms with Gasteiger partial charge in [-0.1, -0.05) is 23.9 Å². The number of carbonyl (C=O) groups excluding carboxylic acids is 2. The van der Waals surface area contributed by atoms with E-state index in [9.17, 15) is 33.7 Å². The number of amides is 2. The van der Waals surface area contributed by atoms with Crippen LogP contribution < -0.4 is 10.2 Å². The number of benzene rings is 3. The van der Waals surface area contributed by atoms with Gasteiger partial charge in [-0.3, -0.25) is 24.6 Å². The molecule has 0 aliphatic carbocycles. The maximum absolute atomic E-state index is 13.5. The minimum Gasteiger partial charge on any atom is -0.321 e. The average Bonchev–Trinajstić information content (AvgIpc) is 3.17. The first-order chi connectivity index (χ1) is 17.3. The summed E-state index contributed by atoms with van der Waals surface area (Å²) in [4.78, 5) is 38.1. The predicted octanol–water partition coefficient (Wildman–Crippen LogP) is 4.94. The van der Waals surface area contributed by atoms with Crippen LogP contribution in [0.3, 0.4) is 0 Å². The lowest BCUT2D eigenvalue weighted by Crippen LogP contribution is -2.31. The van der Waals surface area contributed by atoms with E-state index in [1.807, 2.05) is 6.07 Å². The van der Waals surface area contributed by atoms with Gasteiger partial charge < -0.3 is 5.32 Å². The molecule has 0 bridgehead atoms. The number of hydrogen-bond donors (Lipinski definition) is 1. The van der Waals surface area contributed by atoms with E-state index in [1.165, 1.54) is 42.5 Å². The largest absolute Gasteiger partial charge is 0.321 e. The summed E-state index contributed by atoms with van der Waals surface area (Å²) in [7, 11) is 0. The SMILES string of the molecule is N#C/C(C(=O)Nc1ccc(F)cc1)=C1\SC(Cc2cccc([N+](=O)[O-])c2)C(=O)N1c1ccc(F)cc1. The lowest BCUT2D eigenvalue weighted by atomic mass is 10.1. The summed E-state index contributed by atoms with van der Waals surface area (Å²) in [6.07, 6.45) is 0.0880. The molecule has 1 aliphatic rings. The second kappa shape index (κ2) is 10.4. The molecule has 0 spiro atoms. The van der Waals surface area contributed by atoms with Crippen LogP contribution in [-0.4, -0.2) is 22.0 Å². The van der Waals surface area contributed by atoms with Crippen LogP contribution in [0.25, 0.3) is 0 Å². The number of hydrogen-bond acceptors (Lipinski definition) is 6. The monoisotopic (exact) mass is 506 g/mol. The summed E-state index contributed by atoms with van der Waals surface area (Å²) in [5, 5.41) is 22.7. The number of nitro groups is 1. The number of carbonyl (C=O) groups is 2. The Hall–Kier alpha value is -4.56. The Morgan fingerprint density at radius 1 is 1.08 bits per heavy atom. The number of non-ortho nitro benzene ring substituents is 1. The van der Waals surface area contributed by atoms with Gasteiger partial charge in [0.1, 0.15) is 28.3 Å². The van der Waals surface area contributed by atoms with Crippen LogP contribution in [0.2, 0.25) is 0 Å². The zero-order valence-electron chi connectivity index (χ0n) is 18.4. The molecule has 8 nitrogen and oxygen atoms in total. The van der Waals surface area contributed by atoms with Gasteiger partial charge in [0.25, 0.3) is 11.6 Å². The summed E-state index contributed by atoms with van der Waals surface area (Å²) < 4.78 is 26.8. The van der Waals surface area contributed by atoms with Gasteiger partial charge in [-0.2, -0.15) is 5.26 Å². The molecule has 11 heteroatoms. The van der Waals surface area contributed by atoms with Crippen molar-refractivity contribution in [1.29, 1.82) is 5.26 Å². The van der Waals surface area contributed by atoms with Gasteiger partial charge in [-0.15, -0.1) is 0 Å². The lowest BCUT2D eigenvalue weighted by Gasteiger charge is -2.18. The van der Waals surface area contributed by atoms with E-state index < -0.39 is 33.6 Å². The van der Waals surface area contributed by atoms with E-state index in [0.717, 1.165) is 40.9 Å². The highest BCUT2D eigenvalue weighted by atomic mass is 32.2. The van der Waals surface area contributed by atoms with Gasteiger partial charge in [0.05, 0.1) is 10.2 Å². The second-order valence-electron chi connectivity index (χ2n) is 7.64. The Balaban J connectivity index is 1.72. The molecule has 180 valence electrons. The van der Waals surface area contributed by atoms with Gasteiger partial charge >= 0.3 is 0 Å². The molecule has 1 atom stereocenters. The number of halogens is 2. The number of nitrogens with one attached hydrogen (secondary N) is 1. The van der Waals surface area contributed by atoms with Crippen LogP contribution in [0, 0.1) is 33.1 Å². The smallest absolute Gasteiger partial charge is 0.269 e. The Morgan fingerprint density at radius 3 is 2.33 bits per heavy atom. The van der Waals surface area contributed by atoms with Crippen molar-refractivity contribution in [3.8, 4) is 6.07 Å². The maximum atomic E-state index is 13.5. The molecule has 0 saturated carbocycles. The lowest BCUT2D eigenvalue weighted by molar-refractivity contribution is -0.384. The minimum atomic E-state index is -0.817. The molecule has 1 fully saturated rings. The summed E-state index contributed by atoms with van der Waals surface area (Å²) in [5.74, 6) is -2.33. The summed E-state index contributed by atoms with van der Waals surface area (Å²) in [6, 6.07) is 17.6. The zero-order chi connectivity index (χ0) is 25.8. The minimum absolute atomic E-state index is 0.0316. The highest BCUT2D eigenvalue weighted by Gasteiger charge is 2.41. The van der Waals surface area contributed by atoms with E-state index in [-0.39, 0.29) is 34.1 Å². The second-order valence-corrected chi connectivity index (χ2v) is 8.83. The van der Waals surface area contributed by atoms with Crippen molar-refractivity contribution in [2.24, 2.45) is 0 Å². The molecule has 0 radical (unpaired) electrons. The number of rotatable bonds is 6. The quantitative estimate of drug-likeness (QED) is 0.219. The molecule has 1 N–H and O–H groups in total. The maximum Gasteiger partial charge on any atom is 0.269 e. The van der Waals surface area contributed by atoms with Crippen LogP contribution in [0.15, 0.2) is 83.4 Å². The molecule has 3 aromatic rings. The van der Waals surface area contributed by atoms with Gasteiger partial charge in [-0.25, -0.2) is 8.78 Å². The van der Waals surface area contributed by atoms with Crippen molar-refractivity contribution in [1.82, 2.24) is 0 Å². The third-order valence-corrected chi connectivity index (χ3v) is 6.50. The van der Waals surface area contributed by atoms with Crippen LogP contribution >= 0.6 is 11.8 Å². The fraction of sp³-hybridized carbons (Fsp3) is 0.0800. The average molecular weight is 506 g/mol. The molecule has 1 unspecified atom stereocenters. The van der Waals surface area contributed by atoms with Crippen molar-refractivity contribution in [2.45, 2.75) is 11.7 Å². The Labute approximate surface area is 208 Å². The zero-order valence-corrected chi connectivity index (χ0v) is 19.2. The Bertz CT molecular complexity index is 1420. The van der Waals surface area contributed by atoms with E-state index in [4.69, 9.17) is 0 Å². The topological polar surface area (TPSA) is 116 Å². The van der Waals surface area contributed by atoms with Crippen molar-refractivity contribution < 1.29 is 23.3 Å². The molecule has 36 heavy (non-hydrogen) atoms. The third kappa shape index (κ3) is 5.24. The van der Waals surface area contributed by atoms with Crippen LogP contribution in [0.4, 0.5) is 25.8 Å². The molecule has 1 saturated heterocycles. The number of anilines is 2. The molecule has 1 aliphatic heterocycles. The number of nitriles is 1. The Morgan fingerprint density at radius 2 is 1.72 bits per heavy atom. The molecule has 2 amide bonds. The number of nitrogens with zero attached hydrogens (tertiary/aromatic N) is 3. The number of thioether (sulfide) groups is 1. The van der Waals surface area contributed by atoms with Gasteiger partial charge in [-0.05, 0) is 60.5 Å². The van der Waals surface area contributed by atoms with Crippen LogP contribution in [0.1, 0.15) is 5.56 Å². The van der Waals surface area contributed by atoms with E-state index in [2.05, 4.69) is 5.32 Å². The van der Waals surface area contributed by atoms with Gasteiger partial charge in [0.2, 0.25) is 5.91 Å². The fourth-order valence-electron chi connectivity index (χ4n) is 3.55. The van der Waals surface area contributed by atoms with Crippen LogP contribution in [-0.2, 0) is 16.0 Å². The number of nitro benzene ring substituents is 1. The Kier molecular flexibility index (Phi) is 7.07. The highest BCUT2D eigenvalue weighted by molar-refractivity contribution is 8.05. The third-order valence-electron chi connectivity index (χ3n) is 5.23. The molecule has 0 aromatic heterocycles. The molecule has 3 aromatic carbocycles. The van der Waals surface area contributed by atoms with Gasteiger partial charge in [0.15, 0.2) is 0 Å². The van der Waals surface area contributed by atoms with Gasteiger partial charge in [0, 0.05) is 23.5 Å². The van der Waals surface area contributed by atoms with Crippen molar-refractivity contribution in [3.05, 3.63) is 111 Å². The first-order valence-electron chi connectivity index (χ1n) is 10.5. The molecular weight excluding hydrogens is 490 g/mol. The normalized spacial score (nSPS) is 16.4. The highest BCUT2D eigenvalue weighted by Crippen LogP contribution is 2.42. The fourth-order valence-corrected chi connectivity index (χ4v) is 4.86. The van der Waals surface area contributed by atoms with E-state index >= 15 is 0 Å².